The van der Waals surface area contributed by atoms with Crippen molar-refractivity contribution in [2.24, 2.45) is 0 Å². The third-order valence-corrected chi connectivity index (χ3v) is 6.06. The molecule has 5 heteroatoms. The molecule has 0 N–H and O–H groups in total. The zero-order valence-corrected chi connectivity index (χ0v) is 12.8. The fraction of sp³-hybridized carbons (Fsp3) is 0.769. The third kappa shape index (κ3) is 4.92. The van der Waals surface area contributed by atoms with Gasteiger partial charge in [0.25, 0.3) is 0 Å². The van der Waals surface area contributed by atoms with E-state index in [0.717, 1.165) is 18.9 Å². The lowest BCUT2D eigenvalue weighted by molar-refractivity contribution is -0.137. The van der Waals surface area contributed by atoms with E-state index in [4.69, 9.17) is 13.6 Å². The highest BCUT2D eigenvalue weighted by Crippen LogP contribution is 2.33. The minimum atomic E-state index is -2.13. The number of carbonyl (C=O) groups excluding carboxylic acids is 1. The van der Waals surface area contributed by atoms with Crippen molar-refractivity contribution in [3.8, 4) is 0 Å². The lowest BCUT2D eigenvalue weighted by atomic mass is 10.0. The first-order valence-corrected chi connectivity index (χ1v) is 8.96. The first kappa shape index (κ1) is 15.4. The Morgan fingerprint density at radius 1 is 1.61 bits per heavy atom. The van der Waals surface area contributed by atoms with Gasteiger partial charge in [-0.05, 0) is 46.2 Å². The van der Waals surface area contributed by atoms with E-state index in [0.29, 0.717) is 6.61 Å². The number of rotatable bonds is 5. The summed E-state index contributed by atoms with van der Waals surface area (Å²) in [5, 5.41) is 0. The summed E-state index contributed by atoms with van der Waals surface area (Å²) in [5.74, 6) is -0.374. The van der Waals surface area contributed by atoms with Crippen LogP contribution in [0.5, 0.6) is 0 Å². The maximum absolute atomic E-state index is 10.9. The van der Waals surface area contributed by atoms with Crippen LogP contribution in [0.15, 0.2) is 12.7 Å². The molecule has 1 saturated heterocycles. The van der Waals surface area contributed by atoms with E-state index in [1.54, 1.807) is 0 Å². The van der Waals surface area contributed by atoms with Gasteiger partial charge >= 0.3 is 14.5 Å². The van der Waals surface area contributed by atoms with Gasteiger partial charge in [0.15, 0.2) is 0 Å². The molecule has 0 radical (unpaired) electrons. The summed E-state index contributed by atoms with van der Waals surface area (Å²) in [7, 11) is -2.13. The van der Waals surface area contributed by atoms with Crippen LogP contribution in [0.1, 0.15) is 33.6 Å². The van der Waals surface area contributed by atoms with Gasteiger partial charge in [-0.1, -0.05) is 6.58 Å². The van der Waals surface area contributed by atoms with E-state index in [9.17, 15) is 4.79 Å². The van der Waals surface area contributed by atoms with Crippen LogP contribution in [0, 0.1) is 0 Å². The normalized spacial score (nSPS) is 30.8. The predicted octanol–water partition coefficient (Wildman–Crippen LogP) is 2.78. The van der Waals surface area contributed by atoms with Crippen molar-refractivity contribution >= 4 is 14.5 Å². The Morgan fingerprint density at radius 2 is 2.28 bits per heavy atom. The molecule has 0 saturated carbocycles. The van der Waals surface area contributed by atoms with Crippen LogP contribution < -0.4 is 0 Å². The topological polar surface area (TPSA) is 44.8 Å². The molecule has 1 heterocycles. The first-order chi connectivity index (χ1) is 8.26. The molecule has 1 rings (SSSR count). The summed E-state index contributed by atoms with van der Waals surface area (Å²) in [6, 6.07) is 0.838. The van der Waals surface area contributed by atoms with Crippen LogP contribution in [-0.2, 0) is 18.4 Å². The molecule has 0 spiro atoms. The van der Waals surface area contributed by atoms with Gasteiger partial charge in [0.2, 0.25) is 0 Å². The van der Waals surface area contributed by atoms with Gasteiger partial charge in [-0.15, -0.1) is 0 Å². The van der Waals surface area contributed by atoms with Gasteiger partial charge in [0.1, 0.15) is 0 Å². The maximum atomic E-state index is 10.9. The van der Waals surface area contributed by atoms with Crippen molar-refractivity contribution in [3.63, 3.8) is 0 Å². The Kier molecular flexibility index (Phi) is 5.13. The summed E-state index contributed by atoms with van der Waals surface area (Å²) in [4.78, 5) is 10.9. The van der Waals surface area contributed by atoms with Crippen LogP contribution in [0.25, 0.3) is 0 Å². The molecule has 1 fully saturated rings. The fourth-order valence-electron chi connectivity index (χ4n) is 2.54. The zero-order valence-electron chi connectivity index (χ0n) is 11.8. The van der Waals surface area contributed by atoms with Crippen LogP contribution in [0.4, 0.5) is 0 Å². The molecule has 104 valence electrons. The maximum Gasteiger partial charge on any atom is 0.335 e. The highest BCUT2D eigenvalue weighted by atomic mass is 28.4. The molecular formula is C13H24O4Si. The number of hydrogen-bond donors (Lipinski definition) is 0. The van der Waals surface area contributed by atoms with E-state index < -0.39 is 8.56 Å². The lowest BCUT2D eigenvalue weighted by Crippen LogP contribution is -2.54. The number of hydrogen-bond acceptors (Lipinski definition) is 4. The van der Waals surface area contributed by atoms with Crippen molar-refractivity contribution in [3.05, 3.63) is 12.7 Å². The van der Waals surface area contributed by atoms with E-state index in [2.05, 4.69) is 33.9 Å². The standard InChI is InChI=1S/C13H24O4Si/c1-6-12(14)15-8-7-9-18(5)16-11(2)10-13(3,4)17-18/h6,11H,1,7-10H2,2-5H3. The van der Waals surface area contributed by atoms with Crippen molar-refractivity contribution in [1.82, 2.24) is 0 Å². The number of carbonyl (C=O) groups is 1. The van der Waals surface area contributed by atoms with Gasteiger partial charge < -0.3 is 13.6 Å². The molecule has 4 nitrogen and oxygen atoms in total. The minimum absolute atomic E-state index is 0.115. The molecule has 0 aromatic heterocycles. The Labute approximate surface area is 111 Å². The average molecular weight is 272 g/mol. The SMILES string of the molecule is C=CC(=O)OCCC[Si]1(C)OC(C)CC(C)(C)O1. The average Bonchev–Trinajstić information content (AvgIpc) is 2.20. The summed E-state index contributed by atoms with van der Waals surface area (Å²) in [5.41, 5.74) is -0.115. The van der Waals surface area contributed by atoms with E-state index >= 15 is 0 Å². The Morgan fingerprint density at radius 3 is 2.83 bits per heavy atom. The van der Waals surface area contributed by atoms with E-state index in [1.807, 2.05) is 0 Å². The molecule has 2 unspecified atom stereocenters. The van der Waals surface area contributed by atoms with E-state index in [-0.39, 0.29) is 17.7 Å². The second kappa shape index (κ2) is 5.99. The van der Waals surface area contributed by atoms with Gasteiger partial charge in [-0.2, -0.15) is 0 Å². The van der Waals surface area contributed by atoms with Crippen molar-refractivity contribution in [1.29, 1.82) is 0 Å². The Bertz CT molecular complexity index is 316. The molecule has 2 atom stereocenters. The van der Waals surface area contributed by atoms with Gasteiger partial charge in [-0.3, -0.25) is 0 Å². The molecule has 0 bridgehead atoms. The molecule has 0 aliphatic carbocycles. The first-order valence-electron chi connectivity index (χ1n) is 6.43. The third-order valence-electron chi connectivity index (χ3n) is 2.91. The molecule has 0 aromatic carbocycles. The fourth-order valence-corrected chi connectivity index (χ4v) is 5.79. The molecule has 1 aliphatic heterocycles. The quantitative estimate of drug-likeness (QED) is 0.334. The van der Waals surface area contributed by atoms with Crippen LogP contribution in [0.2, 0.25) is 12.6 Å². The second-order valence-electron chi connectivity index (χ2n) is 5.60. The predicted molar refractivity (Wildman–Crippen MR) is 72.5 cm³/mol. The number of ether oxygens (including phenoxy) is 1. The van der Waals surface area contributed by atoms with Crippen molar-refractivity contribution in [2.45, 2.75) is 57.9 Å². The highest BCUT2D eigenvalue weighted by molar-refractivity contribution is 6.66. The van der Waals surface area contributed by atoms with E-state index in [1.165, 1.54) is 6.08 Å². The summed E-state index contributed by atoms with van der Waals surface area (Å²) >= 11 is 0. The van der Waals surface area contributed by atoms with Crippen molar-refractivity contribution in [2.75, 3.05) is 6.61 Å². The largest absolute Gasteiger partial charge is 0.463 e. The van der Waals surface area contributed by atoms with Gasteiger partial charge in [0.05, 0.1) is 12.2 Å². The number of esters is 1. The highest BCUT2D eigenvalue weighted by Gasteiger charge is 2.44. The van der Waals surface area contributed by atoms with Crippen LogP contribution in [0.3, 0.4) is 0 Å². The monoisotopic (exact) mass is 272 g/mol. The van der Waals surface area contributed by atoms with Gasteiger partial charge in [-0.25, -0.2) is 4.79 Å². The van der Waals surface area contributed by atoms with Crippen LogP contribution in [-0.4, -0.2) is 32.8 Å². The summed E-state index contributed by atoms with van der Waals surface area (Å²) in [6.45, 7) is 12.1. The summed E-state index contributed by atoms with van der Waals surface area (Å²) in [6.07, 6.45) is 3.10. The van der Waals surface area contributed by atoms with Crippen LogP contribution >= 0.6 is 0 Å². The smallest absolute Gasteiger partial charge is 0.335 e. The zero-order chi connectivity index (χ0) is 13.8. The Balaban J connectivity index is 2.39. The van der Waals surface area contributed by atoms with Crippen molar-refractivity contribution < 1.29 is 18.4 Å². The molecule has 18 heavy (non-hydrogen) atoms. The molecule has 0 aromatic rings. The lowest BCUT2D eigenvalue weighted by Gasteiger charge is -2.44. The summed E-state index contributed by atoms with van der Waals surface area (Å²) < 4.78 is 17.1. The molecule has 1 aliphatic rings. The second-order valence-corrected chi connectivity index (χ2v) is 8.81. The Hall–Kier alpha value is -0.653. The molecular weight excluding hydrogens is 248 g/mol. The van der Waals surface area contributed by atoms with Gasteiger partial charge in [0, 0.05) is 12.2 Å². The molecule has 0 amide bonds. The minimum Gasteiger partial charge on any atom is -0.463 e.